The molecule has 0 spiro atoms. The van der Waals surface area contributed by atoms with Crippen molar-refractivity contribution in [1.82, 2.24) is 0 Å². The lowest BCUT2D eigenvalue weighted by Gasteiger charge is -2.12. The lowest BCUT2D eigenvalue weighted by Crippen LogP contribution is -1.95. The van der Waals surface area contributed by atoms with Crippen molar-refractivity contribution < 1.29 is 19.7 Å². The van der Waals surface area contributed by atoms with Gasteiger partial charge in [0, 0.05) is 0 Å². The van der Waals surface area contributed by atoms with Crippen LogP contribution in [0.3, 0.4) is 0 Å². The zero-order valence-corrected chi connectivity index (χ0v) is 8.44. The van der Waals surface area contributed by atoms with E-state index in [4.69, 9.17) is 9.47 Å². The summed E-state index contributed by atoms with van der Waals surface area (Å²) in [4.78, 5) is 0. The average Bonchev–Trinajstić information content (AvgIpc) is 2.17. The zero-order chi connectivity index (χ0) is 10.7. The van der Waals surface area contributed by atoms with Gasteiger partial charge in [0.25, 0.3) is 0 Å². The van der Waals surface area contributed by atoms with Crippen LogP contribution in [0.4, 0.5) is 0 Å². The molecule has 0 saturated carbocycles. The number of phenols is 1. The second-order valence-electron chi connectivity index (χ2n) is 2.95. The quantitative estimate of drug-likeness (QED) is 0.772. The molecule has 0 bridgehead atoms. The SMILES string of the molecule is COc1cc([C@@H](C)O)cc(OC)c1O. The van der Waals surface area contributed by atoms with E-state index < -0.39 is 6.10 Å². The lowest BCUT2D eigenvalue weighted by atomic mass is 10.1. The summed E-state index contributed by atoms with van der Waals surface area (Å²) >= 11 is 0. The second-order valence-corrected chi connectivity index (χ2v) is 2.95. The Morgan fingerprint density at radius 1 is 1.14 bits per heavy atom. The molecule has 0 aliphatic rings. The first-order valence-electron chi connectivity index (χ1n) is 4.23. The fourth-order valence-electron chi connectivity index (χ4n) is 1.15. The van der Waals surface area contributed by atoms with Crippen LogP contribution in [0.25, 0.3) is 0 Å². The van der Waals surface area contributed by atoms with E-state index in [1.807, 2.05) is 0 Å². The van der Waals surface area contributed by atoms with Crippen LogP contribution in [0.15, 0.2) is 12.1 Å². The largest absolute Gasteiger partial charge is 0.502 e. The minimum absolute atomic E-state index is 0.0561. The summed E-state index contributed by atoms with van der Waals surface area (Å²) in [6.07, 6.45) is -0.626. The number of phenolic OH excluding ortho intramolecular Hbond substituents is 1. The van der Waals surface area contributed by atoms with Gasteiger partial charge in [-0.3, -0.25) is 0 Å². The van der Waals surface area contributed by atoms with Crippen LogP contribution in [0.5, 0.6) is 17.2 Å². The number of hydrogen-bond acceptors (Lipinski definition) is 4. The molecule has 1 aromatic rings. The van der Waals surface area contributed by atoms with E-state index in [1.165, 1.54) is 14.2 Å². The van der Waals surface area contributed by atoms with Gasteiger partial charge < -0.3 is 19.7 Å². The third kappa shape index (κ3) is 1.90. The maximum Gasteiger partial charge on any atom is 0.200 e. The highest BCUT2D eigenvalue weighted by molar-refractivity contribution is 5.53. The number of ether oxygens (including phenoxy) is 2. The topological polar surface area (TPSA) is 58.9 Å². The molecule has 0 saturated heterocycles. The van der Waals surface area contributed by atoms with Crippen LogP contribution in [0.2, 0.25) is 0 Å². The van der Waals surface area contributed by atoms with Gasteiger partial charge in [-0.1, -0.05) is 0 Å². The zero-order valence-electron chi connectivity index (χ0n) is 8.44. The molecule has 0 aliphatic carbocycles. The Kier molecular flexibility index (Phi) is 3.19. The molecule has 0 aromatic heterocycles. The fourth-order valence-corrected chi connectivity index (χ4v) is 1.15. The van der Waals surface area contributed by atoms with Crippen LogP contribution in [0.1, 0.15) is 18.6 Å². The summed E-state index contributed by atoms with van der Waals surface area (Å²) in [5, 5.41) is 18.9. The van der Waals surface area contributed by atoms with E-state index >= 15 is 0 Å². The molecule has 2 N–H and O–H groups in total. The van der Waals surface area contributed by atoms with E-state index in [2.05, 4.69) is 0 Å². The number of aliphatic hydroxyl groups is 1. The summed E-state index contributed by atoms with van der Waals surface area (Å²) in [5.74, 6) is 0.528. The smallest absolute Gasteiger partial charge is 0.200 e. The highest BCUT2D eigenvalue weighted by Crippen LogP contribution is 2.38. The molecule has 1 aromatic carbocycles. The van der Waals surface area contributed by atoms with Crippen molar-refractivity contribution >= 4 is 0 Å². The molecular formula is C10H14O4. The summed E-state index contributed by atoms with van der Waals surface area (Å²) < 4.78 is 9.87. The molecule has 0 aliphatic heterocycles. The van der Waals surface area contributed by atoms with Crippen molar-refractivity contribution in [3.05, 3.63) is 17.7 Å². The van der Waals surface area contributed by atoms with Gasteiger partial charge in [-0.05, 0) is 24.6 Å². The molecule has 4 nitrogen and oxygen atoms in total. The summed E-state index contributed by atoms with van der Waals surface area (Å²) in [6, 6.07) is 3.14. The van der Waals surface area contributed by atoms with Crippen molar-refractivity contribution in [3.8, 4) is 17.2 Å². The van der Waals surface area contributed by atoms with Gasteiger partial charge in [0.2, 0.25) is 5.75 Å². The van der Waals surface area contributed by atoms with Crippen molar-refractivity contribution in [2.75, 3.05) is 14.2 Å². The number of methoxy groups -OCH3 is 2. The minimum Gasteiger partial charge on any atom is -0.502 e. The highest BCUT2D eigenvalue weighted by Gasteiger charge is 2.13. The predicted octanol–water partition coefficient (Wildman–Crippen LogP) is 1.46. The van der Waals surface area contributed by atoms with Gasteiger partial charge in [0.15, 0.2) is 11.5 Å². The summed E-state index contributed by atoms with van der Waals surface area (Å²) in [7, 11) is 2.89. The minimum atomic E-state index is -0.626. The predicted molar refractivity (Wildman–Crippen MR) is 51.8 cm³/mol. The van der Waals surface area contributed by atoms with Gasteiger partial charge in [0.1, 0.15) is 0 Å². The van der Waals surface area contributed by atoms with Gasteiger partial charge in [-0.2, -0.15) is 0 Å². The first-order valence-corrected chi connectivity index (χ1v) is 4.23. The Morgan fingerprint density at radius 2 is 1.57 bits per heavy atom. The first-order chi connectivity index (χ1) is 6.60. The summed E-state index contributed by atoms with van der Waals surface area (Å²) in [6.45, 7) is 1.63. The van der Waals surface area contributed by atoms with E-state index in [9.17, 15) is 10.2 Å². The number of aromatic hydroxyl groups is 1. The molecular weight excluding hydrogens is 184 g/mol. The second kappa shape index (κ2) is 4.19. The van der Waals surface area contributed by atoms with Crippen molar-refractivity contribution in [3.63, 3.8) is 0 Å². The number of aliphatic hydroxyl groups excluding tert-OH is 1. The van der Waals surface area contributed by atoms with Crippen LogP contribution in [-0.4, -0.2) is 24.4 Å². The molecule has 0 fully saturated rings. The first kappa shape index (κ1) is 10.7. The van der Waals surface area contributed by atoms with E-state index in [0.717, 1.165) is 0 Å². The molecule has 0 unspecified atom stereocenters. The van der Waals surface area contributed by atoms with E-state index in [-0.39, 0.29) is 5.75 Å². The van der Waals surface area contributed by atoms with Gasteiger partial charge in [-0.25, -0.2) is 0 Å². The molecule has 4 heteroatoms. The number of rotatable bonds is 3. The van der Waals surface area contributed by atoms with Gasteiger partial charge in [0.05, 0.1) is 20.3 Å². The third-order valence-electron chi connectivity index (χ3n) is 1.98. The number of hydrogen-bond donors (Lipinski definition) is 2. The fraction of sp³-hybridized carbons (Fsp3) is 0.400. The Hall–Kier alpha value is -1.42. The van der Waals surface area contributed by atoms with Crippen molar-refractivity contribution in [2.45, 2.75) is 13.0 Å². The average molecular weight is 198 g/mol. The van der Waals surface area contributed by atoms with Crippen molar-refractivity contribution in [2.24, 2.45) is 0 Å². The monoisotopic (exact) mass is 198 g/mol. The van der Waals surface area contributed by atoms with Crippen LogP contribution in [-0.2, 0) is 0 Å². The van der Waals surface area contributed by atoms with Crippen LogP contribution >= 0.6 is 0 Å². The van der Waals surface area contributed by atoms with Crippen LogP contribution in [0, 0.1) is 0 Å². The van der Waals surface area contributed by atoms with Gasteiger partial charge >= 0.3 is 0 Å². The maximum absolute atomic E-state index is 9.56. The molecule has 1 atom stereocenters. The Balaban J connectivity index is 3.25. The molecule has 0 amide bonds. The standard InChI is InChI=1S/C10H14O4/c1-6(11)7-4-8(13-2)10(12)9(5-7)14-3/h4-6,11-12H,1-3H3/t6-/m1/s1. The van der Waals surface area contributed by atoms with E-state index in [0.29, 0.717) is 17.1 Å². The normalized spacial score (nSPS) is 12.3. The Morgan fingerprint density at radius 3 is 1.86 bits per heavy atom. The molecule has 0 heterocycles. The summed E-state index contributed by atoms with van der Waals surface area (Å²) in [5.41, 5.74) is 0.636. The highest BCUT2D eigenvalue weighted by atomic mass is 16.5. The van der Waals surface area contributed by atoms with Gasteiger partial charge in [-0.15, -0.1) is 0 Å². The maximum atomic E-state index is 9.56. The van der Waals surface area contributed by atoms with Crippen LogP contribution < -0.4 is 9.47 Å². The molecule has 14 heavy (non-hydrogen) atoms. The third-order valence-corrected chi connectivity index (χ3v) is 1.98. The number of benzene rings is 1. The van der Waals surface area contributed by atoms with E-state index in [1.54, 1.807) is 19.1 Å². The molecule has 78 valence electrons. The molecule has 1 rings (SSSR count). The Labute approximate surface area is 82.7 Å². The Bertz CT molecular complexity index is 295. The van der Waals surface area contributed by atoms with Crippen molar-refractivity contribution in [1.29, 1.82) is 0 Å². The molecule has 0 radical (unpaired) electrons. The lowest BCUT2D eigenvalue weighted by molar-refractivity contribution is 0.198.